The van der Waals surface area contributed by atoms with Crippen LogP contribution in [-0.4, -0.2) is 25.0 Å². The zero-order chi connectivity index (χ0) is 13.7. The van der Waals surface area contributed by atoms with Gasteiger partial charge in [0.1, 0.15) is 0 Å². The topological polar surface area (TPSA) is 29.3 Å². The quantitative estimate of drug-likeness (QED) is 0.838. The van der Waals surface area contributed by atoms with Crippen LogP contribution in [0.5, 0.6) is 0 Å². The number of nitrogens with two attached hydrogens (primary N) is 1. The van der Waals surface area contributed by atoms with Crippen molar-refractivity contribution in [1.82, 2.24) is 4.90 Å². The summed E-state index contributed by atoms with van der Waals surface area (Å²) in [5.41, 5.74) is 9.93. The van der Waals surface area contributed by atoms with Gasteiger partial charge in [0.05, 0.1) is 0 Å². The normalized spacial score (nSPS) is 13.3. The third-order valence-electron chi connectivity index (χ3n) is 3.51. The van der Waals surface area contributed by atoms with Gasteiger partial charge in [-0.2, -0.15) is 0 Å². The van der Waals surface area contributed by atoms with Gasteiger partial charge in [-0.3, -0.25) is 0 Å². The van der Waals surface area contributed by atoms with E-state index in [1.54, 1.807) is 0 Å². The van der Waals surface area contributed by atoms with E-state index < -0.39 is 0 Å². The fourth-order valence-electron chi connectivity index (χ4n) is 2.18. The van der Waals surface area contributed by atoms with E-state index in [0.29, 0.717) is 11.8 Å². The first kappa shape index (κ1) is 15.2. The van der Waals surface area contributed by atoms with Crippen LogP contribution in [0.15, 0.2) is 18.2 Å². The Morgan fingerprint density at radius 3 is 2.44 bits per heavy atom. The maximum absolute atomic E-state index is 5.68. The van der Waals surface area contributed by atoms with Gasteiger partial charge in [0, 0.05) is 13.1 Å². The number of hydrogen-bond donors (Lipinski definition) is 1. The highest BCUT2D eigenvalue weighted by Gasteiger charge is 2.08. The lowest BCUT2D eigenvalue weighted by molar-refractivity contribution is 0.281. The summed E-state index contributed by atoms with van der Waals surface area (Å²) in [7, 11) is 2.17. The van der Waals surface area contributed by atoms with Crippen molar-refractivity contribution >= 4 is 0 Å². The summed E-state index contributed by atoms with van der Waals surface area (Å²) in [4.78, 5) is 2.37. The van der Waals surface area contributed by atoms with E-state index in [4.69, 9.17) is 5.73 Å². The highest BCUT2D eigenvalue weighted by molar-refractivity contribution is 5.32. The van der Waals surface area contributed by atoms with Gasteiger partial charge in [-0.15, -0.1) is 0 Å². The summed E-state index contributed by atoms with van der Waals surface area (Å²) in [6.45, 7) is 11.7. The fraction of sp³-hybridized carbons (Fsp3) is 0.625. The van der Waals surface area contributed by atoms with Crippen molar-refractivity contribution in [3.63, 3.8) is 0 Å². The van der Waals surface area contributed by atoms with E-state index in [0.717, 1.165) is 19.6 Å². The molecule has 0 aromatic heterocycles. The molecule has 0 radical (unpaired) electrons. The first-order valence-electron chi connectivity index (χ1n) is 6.92. The molecule has 1 atom stereocenters. The lowest BCUT2D eigenvalue weighted by atomic mass is 9.97. The minimum absolute atomic E-state index is 0.559. The predicted molar refractivity (Wildman–Crippen MR) is 79.8 cm³/mol. The molecule has 18 heavy (non-hydrogen) atoms. The zero-order valence-corrected chi connectivity index (χ0v) is 12.5. The third kappa shape index (κ3) is 4.43. The van der Waals surface area contributed by atoms with Crippen molar-refractivity contribution in [2.45, 2.75) is 40.2 Å². The van der Waals surface area contributed by atoms with Crippen molar-refractivity contribution in [2.24, 2.45) is 11.7 Å². The molecule has 0 saturated carbocycles. The van der Waals surface area contributed by atoms with Gasteiger partial charge in [0.2, 0.25) is 0 Å². The number of nitrogens with zero attached hydrogens (tertiary/aromatic N) is 1. The first-order valence-corrected chi connectivity index (χ1v) is 6.92. The van der Waals surface area contributed by atoms with Gasteiger partial charge >= 0.3 is 0 Å². The average molecular weight is 248 g/mol. The summed E-state index contributed by atoms with van der Waals surface area (Å²) in [5.74, 6) is 1.15. The number of benzene rings is 1. The molecular weight excluding hydrogens is 220 g/mol. The molecular formula is C16H28N2. The van der Waals surface area contributed by atoms with Crippen molar-refractivity contribution in [2.75, 3.05) is 20.1 Å². The van der Waals surface area contributed by atoms with Crippen LogP contribution in [0.1, 0.15) is 43.4 Å². The highest BCUT2D eigenvalue weighted by Crippen LogP contribution is 2.19. The molecule has 1 aromatic rings. The summed E-state index contributed by atoms with van der Waals surface area (Å²) in [5, 5.41) is 0. The molecule has 102 valence electrons. The van der Waals surface area contributed by atoms with E-state index in [1.165, 1.54) is 16.7 Å². The molecule has 0 amide bonds. The van der Waals surface area contributed by atoms with Crippen LogP contribution in [-0.2, 0) is 6.54 Å². The lowest BCUT2D eigenvalue weighted by Gasteiger charge is -2.22. The van der Waals surface area contributed by atoms with Gasteiger partial charge in [-0.05, 0) is 49.0 Å². The molecule has 0 heterocycles. The molecule has 0 saturated heterocycles. The van der Waals surface area contributed by atoms with E-state index in [-0.39, 0.29) is 0 Å². The Bertz CT molecular complexity index is 371. The lowest BCUT2D eigenvalue weighted by Crippen LogP contribution is -2.28. The van der Waals surface area contributed by atoms with Gasteiger partial charge < -0.3 is 10.6 Å². The second-order valence-electron chi connectivity index (χ2n) is 5.88. The Balaban J connectivity index is 2.73. The summed E-state index contributed by atoms with van der Waals surface area (Å²) < 4.78 is 0. The Hall–Kier alpha value is -0.860. The van der Waals surface area contributed by atoms with Crippen molar-refractivity contribution in [1.29, 1.82) is 0 Å². The van der Waals surface area contributed by atoms with Gasteiger partial charge in [-0.25, -0.2) is 0 Å². The molecule has 0 fully saturated rings. The molecule has 2 N–H and O–H groups in total. The second-order valence-corrected chi connectivity index (χ2v) is 5.88. The largest absolute Gasteiger partial charge is 0.330 e. The van der Waals surface area contributed by atoms with Crippen molar-refractivity contribution < 1.29 is 0 Å². The van der Waals surface area contributed by atoms with Crippen LogP contribution < -0.4 is 5.73 Å². The van der Waals surface area contributed by atoms with Crippen LogP contribution in [0.4, 0.5) is 0 Å². The number of aryl methyl sites for hydroxylation is 1. The summed E-state index contributed by atoms with van der Waals surface area (Å²) >= 11 is 0. The molecule has 1 unspecified atom stereocenters. The second kappa shape index (κ2) is 6.91. The van der Waals surface area contributed by atoms with Crippen LogP contribution in [0.25, 0.3) is 0 Å². The number of rotatable bonds is 6. The van der Waals surface area contributed by atoms with Crippen LogP contribution in [0.2, 0.25) is 0 Å². The van der Waals surface area contributed by atoms with Gasteiger partial charge in [-0.1, -0.05) is 39.0 Å². The molecule has 1 aromatic carbocycles. The van der Waals surface area contributed by atoms with Crippen LogP contribution >= 0.6 is 0 Å². The molecule has 0 aliphatic carbocycles. The molecule has 2 heteroatoms. The smallest absolute Gasteiger partial charge is 0.0233 e. The van der Waals surface area contributed by atoms with Crippen molar-refractivity contribution in [3.8, 4) is 0 Å². The average Bonchev–Trinajstić information content (AvgIpc) is 2.31. The Kier molecular flexibility index (Phi) is 5.83. The minimum Gasteiger partial charge on any atom is -0.330 e. The SMILES string of the molecule is Cc1ccc(C(C)C)cc1CN(C)CC(C)CN. The standard InChI is InChI=1S/C16H28N2/c1-12(2)15-7-6-14(4)16(8-15)11-18(5)10-13(3)9-17/h6-8,12-13H,9-11,17H2,1-5H3. The molecule has 0 bridgehead atoms. The molecule has 0 spiro atoms. The summed E-state index contributed by atoms with van der Waals surface area (Å²) in [6.07, 6.45) is 0. The molecule has 0 aliphatic heterocycles. The van der Waals surface area contributed by atoms with Gasteiger partial charge in [0.15, 0.2) is 0 Å². The minimum atomic E-state index is 0.559. The molecule has 2 nitrogen and oxygen atoms in total. The van der Waals surface area contributed by atoms with Gasteiger partial charge in [0.25, 0.3) is 0 Å². The van der Waals surface area contributed by atoms with E-state index in [2.05, 4.69) is 57.8 Å². The maximum atomic E-state index is 5.68. The first-order chi connectivity index (χ1) is 8.43. The predicted octanol–water partition coefficient (Wildman–Crippen LogP) is 3.15. The molecule has 0 aliphatic rings. The number of hydrogen-bond acceptors (Lipinski definition) is 2. The Labute approximate surface area is 112 Å². The third-order valence-corrected chi connectivity index (χ3v) is 3.51. The van der Waals surface area contributed by atoms with Crippen LogP contribution in [0, 0.1) is 12.8 Å². The Morgan fingerprint density at radius 2 is 1.89 bits per heavy atom. The van der Waals surface area contributed by atoms with Crippen LogP contribution in [0.3, 0.4) is 0 Å². The zero-order valence-electron chi connectivity index (χ0n) is 12.5. The highest BCUT2D eigenvalue weighted by atomic mass is 15.1. The molecule has 1 rings (SSSR count). The maximum Gasteiger partial charge on any atom is 0.0233 e. The Morgan fingerprint density at radius 1 is 1.22 bits per heavy atom. The van der Waals surface area contributed by atoms with E-state index in [9.17, 15) is 0 Å². The van der Waals surface area contributed by atoms with E-state index >= 15 is 0 Å². The van der Waals surface area contributed by atoms with Crippen molar-refractivity contribution in [3.05, 3.63) is 34.9 Å². The van der Waals surface area contributed by atoms with E-state index in [1.807, 2.05) is 0 Å². The summed E-state index contributed by atoms with van der Waals surface area (Å²) in [6, 6.07) is 6.83. The monoisotopic (exact) mass is 248 g/mol. The fourth-order valence-corrected chi connectivity index (χ4v) is 2.18.